The Morgan fingerprint density at radius 3 is 2.54 bits per heavy atom. The fraction of sp³-hybridized carbons (Fsp3) is 0.333. The van der Waals surface area contributed by atoms with Gasteiger partial charge in [0.15, 0.2) is 11.2 Å². The van der Waals surface area contributed by atoms with Gasteiger partial charge in [0, 0.05) is 17.3 Å². The van der Waals surface area contributed by atoms with Gasteiger partial charge in [0.25, 0.3) is 5.56 Å². The van der Waals surface area contributed by atoms with Crippen LogP contribution < -0.4 is 5.56 Å². The Bertz CT molecular complexity index is 1240. The van der Waals surface area contributed by atoms with Crippen LogP contribution in [0.5, 0.6) is 0 Å². The zero-order valence-electron chi connectivity index (χ0n) is 15.6. The molecule has 3 aromatic heterocycles. The van der Waals surface area contributed by atoms with Crippen molar-refractivity contribution in [3.05, 3.63) is 57.6 Å². The van der Waals surface area contributed by atoms with Crippen molar-refractivity contribution < 1.29 is 0 Å². The molecule has 6 nitrogen and oxygen atoms in total. The maximum absolute atomic E-state index is 13.1. The first-order valence-corrected chi connectivity index (χ1v) is 10.0. The predicted molar refractivity (Wildman–Crippen MR) is 110 cm³/mol. The minimum atomic E-state index is -0.0833. The molecule has 4 aromatic rings. The number of hydrogen-bond acceptors (Lipinski definition) is 4. The molecule has 1 aliphatic carbocycles. The van der Waals surface area contributed by atoms with E-state index in [1.54, 1.807) is 4.52 Å². The van der Waals surface area contributed by atoms with E-state index >= 15 is 0 Å². The van der Waals surface area contributed by atoms with Crippen molar-refractivity contribution in [1.82, 2.24) is 24.4 Å². The van der Waals surface area contributed by atoms with Gasteiger partial charge < -0.3 is 4.57 Å². The van der Waals surface area contributed by atoms with Gasteiger partial charge in [-0.05, 0) is 43.5 Å². The summed E-state index contributed by atoms with van der Waals surface area (Å²) >= 11 is 6.02. The topological polar surface area (TPSA) is 65.1 Å². The van der Waals surface area contributed by atoms with Crippen molar-refractivity contribution >= 4 is 28.3 Å². The maximum Gasteiger partial charge on any atom is 0.280 e. The first-order valence-electron chi connectivity index (χ1n) is 9.66. The molecule has 0 spiro atoms. The third-order valence-electron chi connectivity index (χ3n) is 5.68. The minimum absolute atomic E-state index is 0.0833. The second-order valence-corrected chi connectivity index (χ2v) is 7.89. The van der Waals surface area contributed by atoms with Gasteiger partial charge in [-0.25, -0.2) is 4.52 Å². The molecule has 1 saturated carbocycles. The monoisotopic (exact) mass is 393 g/mol. The molecule has 3 heterocycles. The summed E-state index contributed by atoms with van der Waals surface area (Å²) in [6.07, 6.45) is 7.57. The highest BCUT2D eigenvalue weighted by Gasteiger charge is 2.20. The molecule has 1 aromatic carbocycles. The number of hydrogen-bond donors (Lipinski definition) is 0. The summed E-state index contributed by atoms with van der Waals surface area (Å²) in [6.45, 7) is 1.94. The van der Waals surface area contributed by atoms with Gasteiger partial charge in [-0.1, -0.05) is 43.0 Å². The highest BCUT2D eigenvalue weighted by Crippen LogP contribution is 2.30. The molecule has 0 amide bonds. The van der Waals surface area contributed by atoms with Crippen LogP contribution in [0.3, 0.4) is 0 Å². The highest BCUT2D eigenvalue weighted by molar-refractivity contribution is 6.30. The SMILES string of the molecule is Cc1nn2c(nnc3c(=O)n(C4CCCCC4)ccc32)c1-c1ccc(Cl)cc1. The Morgan fingerprint density at radius 1 is 1.04 bits per heavy atom. The number of benzene rings is 1. The van der Waals surface area contributed by atoms with Crippen LogP contribution in [0, 0.1) is 6.92 Å². The van der Waals surface area contributed by atoms with E-state index in [1.807, 2.05) is 48.0 Å². The Morgan fingerprint density at radius 2 is 1.79 bits per heavy atom. The van der Waals surface area contributed by atoms with Gasteiger partial charge >= 0.3 is 0 Å². The molecule has 7 heteroatoms. The summed E-state index contributed by atoms with van der Waals surface area (Å²) in [7, 11) is 0. The van der Waals surface area contributed by atoms with E-state index in [0.717, 1.165) is 29.7 Å². The van der Waals surface area contributed by atoms with Crippen LogP contribution in [0.2, 0.25) is 5.02 Å². The average molecular weight is 394 g/mol. The number of pyridine rings is 1. The summed E-state index contributed by atoms with van der Waals surface area (Å²) in [4.78, 5) is 13.1. The molecule has 0 bridgehead atoms. The molecule has 0 N–H and O–H groups in total. The van der Waals surface area contributed by atoms with Crippen LogP contribution in [-0.4, -0.2) is 24.4 Å². The van der Waals surface area contributed by atoms with Gasteiger partial charge in [-0.3, -0.25) is 4.79 Å². The second kappa shape index (κ2) is 6.71. The second-order valence-electron chi connectivity index (χ2n) is 7.46. The van der Waals surface area contributed by atoms with Crippen molar-refractivity contribution in [2.45, 2.75) is 45.1 Å². The normalized spacial score (nSPS) is 15.5. The van der Waals surface area contributed by atoms with E-state index in [0.29, 0.717) is 21.7 Å². The van der Waals surface area contributed by atoms with E-state index in [1.165, 1.54) is 19.3 Å². The largest absolute Gasteiger partial charge is 0.310 e. The van der Waals surface area contributed by atoms with Crippen LogP contribution >= 0.6 is 11.6 Å². The summed E-state index contributed by atoms with van der Waals surface area (Å²) in [5.74, 6) is 0. The first kappa shape index (κ1) is 17.4. The van der Waals surface area contributed by atoms with Crippen molar-refractivity contribution in [2.75, 3.05) is 0 Å². The third-order valence-corrected chi connectivity index (χ3v) is 5.93. The van der Waals surface area contributed by atoms with Crippen molar-refractivity contribution in [2.24, 2.45) is 0 Å². The number of nitrogens with zero attached hydrogens (tertiary/aromatic N) is 5. The quantitative estimate of drug-likeness (QED) is 0.500. The van der Waals surface area contributed by atoms with Gasteiger partial charge in [0.2, 0.25) is 0 Å². The molecule has 1 fully saturated rings. The Hall–Kier alpha value is -2.73. The highest BCUT2D eigenvalue weighted by atomic mass is 35.5. The fourth-order valence-corrected chi connectivity index (χ4v) is 4.39. The van der Waals surface area contributed by atoms with Gasteiger partial charge in [0.1, 0.15) is 5.52 Å². The average Bonchev–Trinajstić information content (AvgIpc) is 3.06. The van der Waals surface area contributed by atoms with Crippen molar-refractivity contribution in [1.29, 1.82) is 0 Å². The Labute approximate surface area is 166 Å². The molecule has 142 valence electrons. The molecule has 0 saturated heterocycles. The number of aryl methyl sites for hydroxylation is 1. The zero-order chi connectivity index (χ0) is 19.3. The van der Waals surface area contributed by atoms with Gasteiger partial charge in [-0.2, -0.15) is 5.10 Å². The van der Waals surface area contributed by atoms with E-state index < -0.39 is 0 Å². The summed E-state index contributed by atoms with van der Waals surface area (Å²) < 4.78 is 3.56. The predicted octanol–water partition coefficient (Wildman–Crippen LogP) is 4.57. The van der Waals surface area contributed by atoms with Crippen LogP contribution in [-0.2, 0) is 0 Å². The lowest BCUT2D eigenvalue weighted by Crippen LogP contribution is -2.27. The molecule has 0 radical (unpaired) electrons. The molecular weight excluding hydrogens is 374 g/mol. The summed E-state index contributed by atoms with van der Waals surface area (Å²) in [5, 5.41) is 14.0. The molecule has 1 aliphatic rings. The number of aromatic nitrogens is 5. The number of halogens is 1. The molecule has 28 heavy (non-hydrogen) atoms. The maximum atomic E-state index is 13.1. The third kappa shape index (κ3) is 2.71. The lowest BCUT2D eigenvalue weighted by molar-refractivity contribution is 0.347. The minimum Gasteiger partial charge on any atom is -0.310 e. The lowest BCUT2D eigenvalue weighted by Gasteiger charge is -2.23. The molecular formula is C21H20ClN5O. The van der Waals surface area contributed by atoms with Crippen LogP contribution in [0.15, 0.2) is 41.3 Å². The number of fused-ring (bicyclic) bond motifs is 3. The van der Waals surface area contributed by atoms with Crippen molar-refractivity contribution in [3.63, 3.8) is 0 Å². The van der Waals surface area contributed by atoms with E-state index in [-0.39, 0.29) is 11.6 Å². The first-order chi connectivity index (χ1) is 13.6. The van der Waals surface area contributed by atoms with E-state index in [4.69, 9.17) is 11.6 Å². The van der Waals surface area contributed by atoms with E-state index in [2.05, 4.69) is 15.3 Å². The number of rotatable bonds is 2. The molecule has 0 aliphatic heterocycles. The molecule has 0 atom stereocenters. The molecule has 0 unspecified atom stereocenters. The van der Waals surface area contributed by atoms with Gasteiger partial charge in [0.05, 0.1) is 11.3 Å². The zero-order valence-corrected chi connectivity index (χ0v) is 16.4. The molecule has 5 rings (SSSR count). The van der Waals surface area contributed by atoms with Crippen LogP contribution in [0.1, 0.15) is 43.8 Å². The lowest BCUT2D eigenvalue weighted by atomic mass is 9.95. The van der Waals surface area contributed by atoms with Crippen molar-refractivity contribution in [3.8, 4) is 11.1 Å². The summed E-state index contributed by atoms with van der Waals surface area (Å²) in [5.41, 5.74) is 4.32. The smallest absolute Gasteiger partial charge is 0.280 e. The Kier molecular flexibility index (Phi) is 4.16. The van der Waals surface area contributed by atoms with E-state index in [9.17, 15) is 4.79 Å². The standard InChI is InChI=1S/C21H20ClN5O/c1-13-18(14-7-9-15(22)10-8-14)20-24-23-19-17(27(20)25-13)11-12-26(21(19)28)16-5-3-2-4-6-16/h7-12,16H,2-6H2,1H3. The summed E-state index contributed by atoms with van der Waals surface area (Å²) in [6, 6.07) is 9.77. The Balaban J connectivity index is 1.70. The van der Waals surface area contributed by atoms with Crippen LogP contribution in [0.4, 0.5) is 0 Å². The van der Waals surface area contributed by atoms with Crippen LogP contribution in [0.25, 0.3) is 27.8 Å². The van der Waals surface area contributed by atoms with Gasteiger partial charge in [-0.15, -0.1) is 10.2 Å². The fourth-order valence-electron chi connectivity index (χ4n) is 4.27.